The molecule has 1 fully saturated rings. The van der Waals surface area contributed by atoms with E-state index < -0.39 is 0 Å². The predicted octanol–water partition coefficient (Wildman–Crippen LogP) is 4.16. The standard InChI is InChI=1S/C23H30FN3O/c1-4-21-14-19(10-11-25-21)23(28)27-13-5-12-26(22(16-27)17(2)3)15-18-6-8-20(24)9-7-18/h6-11,14,17,22H,4-5,12-13,15-16H2,1-3H3/t22-/m1/s1. The minimum absolute atomic E-state index is 0.0892. The first-order valence-corrected chi connectivity index (χ1v) is 10.2. The second kappa shape index (κ2) is 9.28. The molecule has 1 aromatic carbocycles. The molecule has 0 saturated carbocycles. The third-order valence-corrected chi connectivity index (χ3v) is 5.53. The number of rotatable bonds is 5. The highest BCUT2D eigenvalue weighted by molar-refractivity contribution is 5.94. The first kappa shape index (κ1) is 20.5. The van der Waals surface area contributed by atoms with Crippen molar-refractivity contribution in [3.63, 3.8) is 0 Å². The average Bonchev–Trinajstić information content (AvgIpc) is 2.92. The van der Waals surface area contributed by atoms with Crippen LogP contribution in [0.5, 0.6) is 0 Å². The molecule has 0 unspecified atom stereocenters. The maximum atomic E-state index is 13.2. The van der Waals surface area contributed by atoms with Gasteiger partial charge in [-0.3, -0.25) is 14.7 Å². The number of hydrogen-bond acceptors (Lipinski definition) is 3. The highest BCUT2D eigenvalue weighted by atomic mass is 19.1. The molecule has 4 nitrogen and oxygen atoms in total. The molecule has 0 radical (unpaired) electrons. The number of amides is 1. The van der Waals surface area contributed by atoms with Gasteiger partial charge in [-0.25, -0.2) is 4.39 Å². The summed E-state index contributed by atoms with van der Waals surface area (Å²) in [6, 6.07) is 10.7. The fraction of sp³-hybridized carbons (Fsp3) is 0.478. The number of carbonyl (C=O) groups is 1. The Kier molecular flexibility index (Phi) is 6.79. The van der Waals surface area contributed by atoms with Gasteiger partial charge in [0, 0.05) is 49.7 Å². The van der Waals surface area contributed by atoms with Crippen molar-refractivity contribution in [2.24, 2.45) is 5.92 Å². The molecule has 28 heavy (non-hydrogen) atoms. The van der Waals surface area contributed by atoms with E-state index in [0.29, 0.717) is 12.5 Å². The molecule has 0 N–H and O–H groups in total. The minimum atomic E-state index is -0.208. The monoisotopic (exact) mass is 383 g/mol. The predicted molar refractivity (Wildman–Crippen MR) is 110 cm³/mol. The molecule has 1 aromatic heterocycles. The minimum Gasteiger partial charge on any atom is -0.337 e. The molecule has 1 atom stereocenters. The Hall–Kier alpha value is -2.27. The summed E-state index contributed by atoms with van der Waals surface area (Å²) in [7, 11) is 0. The molecule has 2 aromatic rings. The Morgan fingerprint density at radius 3 is 2.64 bits per heavy atom. The lowest BCUT2D eigenvalue weighted by molar-refractivity contribution is 0.0702. The van der Waals surface area contributed by atoms with Crippen molar-refractivity contribution in [1.29, 1.82) is 0 Å². The van der Waals surface area contributed by atoms with Crippen LogP contribution < -0.4 is 0 Å². The first-order chi connectivity index (χ1) is 13.5. The average molecular weight is 384 g/mol. The Bertz CT molecular complexity index is 791. The fourth-order valence-corrected chi connectivity index (χ4v) is 3.89. The molecule has 150 valence electrons. The highest BCUT2D eigenvalue weighted by Crippen LogP contribution is 2.21. The highest BCUT2D eigenvalue weighted by Gasteiger charge is 2.30. The van der Waals surface area contributed by atoms with Crippen LogP contribution in [0.25, 0.3) is 0 Å². The topological polar surface area (TPSA) is 36.4 Å². The fourth-order valence-electron chi connectivity index (χ4n) is 3.89. The summed E-state index contributed by atoms with van der Waals surface area (Å²) in [4.78, 5) is 21.9. The van der Waals surface area contributed by atoms with E-state index in [2.05, 4.69) is 23.7 Å². The third-order valence-electron chi connectivity index (χ3n) is 5.53. The summed E-state index contributed by atoms with van der Waals surface area (Å²) in [5, 5.41) is 0. The van der Waals surface area contributed by atoms with Gasteiger partial charge in [0.2, 0.25) is 0 Å². The Balaban J connectivity index is 1.76. The van der Waals surface area contributed by atoms with Crippen LogP contribution in [0.3, 0.4) is 0 Å². The molecule has 1 aliphatic rings. The van der Waals surface area contributed by atoms with E-state index in [1.54, 1.807) is 6.20 Å². The normalized spacial score (nSPS) is 18.3. The number of pyridine rings is 1. The number of hydrogen-bond donors (Lipinski definition) is 0. The summed E-state index contributed by atoms with van der Waals surface area (Å²) < 4.78 is 13.2. The summed E-state index contributed by atoms with van der Waals surface area (Å²) in [5.74, 6) is 0.296. The van der Waals surface area contributed by atoms with Gasteiger partial charge in [0.1, 0.15) is 5.82 Å². The van der Waals surface area contributed by atoms with Gasteiger partial charge in [-0.1, -0.05) is 32.9 Å². The number of aryl methyl sites for hydroxylation is 1. The van der Waals surface area contributed by atoms with E-state index in [1.165, 1.54) is 12.1 Å². The van der Waals surface area contributed by atoms with Gasteiger partial charge in [-0.15, -0.1) is 0 Å². The van der Waals surface area contributed by atoms with E-state index in [0.717, 1.165) is 49.3 Å². The van der Waals surface area contributed by atoms with Crippen molar-refractivity contribution < 1.29 is 9.18 Å². The second-order valence-corrected chi connectivity index (χ2v) is 7.90. The molecule has 5 heteroatoms. The molecule has 1 aliphatic heterocycles. The van der Waals surface area contributed by atoms with Crippen LogP contribution >= 0.6 is 0 Å². The number of halogens is 1. The van der Waals surface area contributed by atoms with Crippen molar-refractivity contribution in [1.82, 2.24) is 14.8 Å². The smallest absolute Gasteiger partial charge is 0.254 e. The van der Waals surface area contributed by atoms with E-state index in [4.69, 9.17) is 0 Å². The van der Waals surface area contributed by atoms with Gasteiger partial charge in [0.15, 0.2) is 0 Å². The lowest BCUT2D eigenvalue weighted by Crippen LogP contribution is -2.45. The summed E-state index contributed by atoms with van der Waals surface area (Å²) in [6.07, 6.45) is 3.48. The van der Waals surface area contributed by atoms with Gasteiger partial charge in [0.05, 0.1) is 0 Å². The molecule has 0 aliphatic carbocycles. The second-order valence-electron chi connectivity index (χ2n) is 7.90. The van der Waals surface area contributed by atoms with Crippen molar-refractivity contribution in [2.75, 3.05) is 19.6 Å². The van der Waals surface area contributed by atoms with Crippen molar-refractivity contribution in [3.05, 3.63) is 65.2 Å². The van der Waals surface area contributed by atoms with E-state index in [1.807, 2.05) is 36.1 Å². The van der Waals surface area contributed by atoms with Crippen LogP contribution in [0, 0.1) is 11.7 Å². The van der Waals surface area contributed by atoms with E-state index in [-0.39, 0.29) is 17.8 Å². The molecule has 3 rings (SSSR count). The van der Waals surface area contributed by atoms with Crippen LogP contribution in [-0.2, 0) is 13.0 Å². The summed E-state index contributed by atoms with van der Waals surface area (Å²) >= 11 is 0. The Labute approximate surface area is 167 Å². The largest absolute Gasteiger partial charge is 0.337 e. The zero-order chi connectivity index (χ0) is 20.1. The molecule has 1 saturated heterocycles. The van der Waals surface area contributed by atoms with Crippen LogP contribution in [0.4, 0.5) is 4.39 Å². The molecule has 1 amide bonds. The first-order valence-electron chi connectivity index (χ1n) is 10.2. The third kappa shape index (κ3) is 4.96. The van der Waals surface area contributed by atoms with E-state index >= 15 is 0 Å². The van der Waals surface area contributed by atoms with Crippen LogP contribution in [0.15, 0.2) is 42.6 Å². The zero-order valence-corrected chi connectivity index (χ0v) is 17.1. The van der Waals surface area contributed by atoms with Crippen molar-refractivity contribution in [3.8, 4) is 0 Å². The molecule has 0 bridgehead atoms. The molecule has 0 spiro atoms. The van der Waals surface area contributed by atoms with Gasteiger partial charge in [-0.05, 0) is 48.6 Å². The molecule has 2 heterocycles. The van der Waals surface area contributed by atoms with Crippen LogP contribution in [-0.4, -0.2) is 46.4 Å². The van der Waals surface area contributed by atoms with E-state index in [9.17, 15) is 9.18 Å². The van der Waals surface area contributed by atoms with Crippen LogP contribution in [0.2, 0.25) is 0 Å². The van der Waals surface area contributed by atoms with Gasteiger partial charge >= 0.3 is 0 Å². The van der Waals surface area contributed by atoms with Crippen molar-refractivity contribution in [2.45, 2.75) is 46.2 Å². The van der Waals surface area contributed by atoms with Gasteiger partial charge < -0.3 is 4.90 Å². The summed E-state index contributed by atoms with van der Waals surface area (Å²) in [5.41, 5.74) is 2.77. The maximum Gasteiger partial charge on any atom is 0.254 e. The molecular formula is C23H30FN3O. The number of benzene rings is 1. The lowest BCUT2D eigenvalue weighted by Gasteiger charge is -2.34. The number of aromatic nitrogens is 1. The van der Waals surface area contributed by atoms with Gasteiger partial charge in [0.25, 0.3) is 5.91 Å². The van der Waals surface area contributed by atoms with Gasteiger partial charge in [-0.2, -0.15) is 0 Å². The SMILES string of the molecule is CCc1cc(C(=O)N2CCCN(Cc3ccc(F)cc3)[C@@H](C(C)C)C2)ccn1. The maximum absolute atomic E-state index is 13.2. The summed E-state index contributed by atoms with van der Waals surface area (Å²) in [6.45, 7) is 9.63. The lowest BCUT2D eigenvalue weighted by atomic mass is 10.0. The Morgan fingerprint density at radius 2 is 1.96 bits per heavy atom. The number of nitrogens with zero attached hydrogens (tertiary/aromatic N) is 3. The zero-order valence-electron chi connectivity index (χ0n) is 17.1. The van der Waals surface area contributed by atoms with Crippen LogP contribution in [0.1, 0.15) is 48.8 Å². The quantitative estimate of drug-likeness (QED) is 0.778. The molecular weight excluding hydrogens is 353 g/mol. The Morgan fingerprint density at radius 1 is 1.21 bits per heavy atom. The number of carbonyl (C=O) groups excluding carboxylic acids is 1. The van der Waals surface area contributed by atoms with Crippen molar-refractivity contribution >= 4 is 5.91 Å².